The summed E-state index contributed by atoms with van der Waals surface area (Å²) in [6, 6.07) is 0. The molecule has 1 aromatic rings. The van der Waals surface area contributed by atoms with Crippen LogP contribution in [0.5, 0.6) is 0 Å². The third-order valence-corrected chi connectivity index (χ3v) is 3.18. The molecule has 5 heteroatoms. The molecule has 0 aliphatic rings. The van der Waals surface area contributed by atoms with Gasteiger partial charge in [-0.15, -0.1) is 11.3 Å². The lowest BCUT2D eigenvalue weighted by Crippen LogP contribution is -2.13. The summed E-state index contributed by atoms with van der Waals surface area (Å²) in [6.07, 6.45) is 0. The number of nitrogens with one attached hydrogen (secondary N) is 1. The molecule has 0 fully saturated rings. The first-order valence-electron chi connectivity index (χ1n) is 3.72. The predicted molar refractivity (Wildman–Crippen MR) is 57.4 cm³/mol. The molecule has 0 aromatic carbocycles. The van der Waals surface area contributed by atoms with Crippen LogP contribution in [0.2, 0.25) is 0 Å². The number of carbonyl (C=O) groups is 1. The Morgan fingerprint density at radius 1 is 1.77 bits per heavy atom. The Morgan fingerprint density at radius 2 is 2.46 bits per heavy atom. The molecule has 1 aromatic heterocycles. The monoisotopic (exact) mass is 263 g/mol. The molecule has 0 bridgehead atoms. The van der Waals surface area contributed by atoms with Gasteiger partial charge in [-0.05, 0) is 17.9 Å². The van der Waals surface area contributed by atoms with E-state index in [4.69, 9.17) is 5.11 Å². The second kappa shape index (κ2) is 4.74. The van der Waals surface area contributed by atoms with E-state index in [1.165, 1.54) is 11.3 Å². The number of anilines is 1. The van der Waals surface area contributed by atoms with Crippen molar-refractivity contribution in [2.45, 2.75) is 13.5 Å². The zero-order valence-corrected chi connectivity index (χ0v) is 9.54. The van der Waals surface area contributed by atoms with Gasteiger partial charge >= 0.3 is 0 Å². The van der Waals surface area contributed by atoms with Gasteiger partial charge in [0.1, 0.15) is 0 Å². The third kappa shape index (κ3) is 2.52. The minimum absolute atomic E-state index is 0.0313. The molecule has 72 valence electrons. The number of rotatable bonds is 3. The standard InChI is InChI=1S/C8H10BrNO2S/c1-5-4-13-6(3-11)8(5)10-7(12)2-9/h4,11H,2-3H2,1H3,(H,10,12). The molecule has 2 N–H and O–H groups in total. The van der Waals surface area contributed by atoms with Crippen LogP contribution in [0.3, 0.4) is 0 Å². The maximum atomic E-state index is 11.1. The molecule has 0 radical (unpaired) electrons. The summed E-state index contributed by atoms with van der Waals surface area (Å²) in [5.41, 5.74) is 1.74. The number of thiophene rings is 1. The Bertz CT molecular complexity index is 311. The number of halogens is 1. The van der Waals surface area contributed by atoms with Crippen molar-refractivity contribution in [2.75, 3.05) is 10.6 Å². The highest BCUT2D eigenvalue weighted by Crippen LogP contribution is 2.27. The van der Waals surface area contributed by atoms with Crippen molar-refractivity contribution in [1.29, 1.82) is 0 Å². The summed E-state index contributed by atoms with van der Waals surface area (Å²) in [4.78, 5) is 11.9. The zero-order valence-electron chi connectivity index (χ0n) is 7.13. The SMILES string of the molecule is Cc1csc(CO)c1NC(=O)CBr. The first-order chi connectivity index (χ1) is 6.19. The van der Waals surface area contributed by atoms with Gasteiger partial charge in [0.2, 0.25) is 5.91 Å². The van der Waals surface area contributed by atoms with E-state index in [1.54, 1.807) is 0 Å². The Kier molecular flexibility index (Phi) is 3.90. The molecule has 0 atom stereocenters. The molecule has 0 saturated carbocycles. The topological polar surface area (TPSA) is 49.3 Å². The van der Waals surface area contributed by atoms with Crippen LogP contribution in [0.1, 0.15) is 10.4 Å². The second-order valence-corrected chi connectivity index (χ2v) is 4.08. The largest absolute Gasteiger partial charge is 0.391 e. The van der Waals surface area contributed by atoms with Crippen LogP contribution in [-0.4, -0.2) is 16.3 Å². The van der Waals surface area contributed by atoms with Gasteiger partial charge < -0.3 is 10.4 Å². The zero-order chi connectivity index (χ0) is 9.84. The van der Waals surface area contributed by atoms with Gasteiger partial charge in [0.05, 0.1) is 22.5 Å². The summed E-state index contributed by atoms with van der Waals surface area (Å²) >= 11 is 4.51. The van der Waals surface area contributed by atoms with E-state index in [9.17, 15) is 4.79 Å². The van der Waals surface area contributed by atoms with Crippen molar-refractivity contribution in [3.05, 3.63) is 15.8 Å². The van der Waals surface area contributed by atoms with Gasteiger partial charge in [-0.3, -0.25) is 4.79 Å². The molecule has 1 heterocycles. The molecule has 0 unspecified atom stereocenters. The number of aryl methyl sites for hydroxylation is 1. The summed E-state index contributed by atoms with van der Waals surface area (Å²) in [5, 5.41) is 13.9. The number of hydrogen-bond acceptors (Lipinski definition) is 3. The average Bonchev–Trinajstić information content (AvgIpc) is 2.48. The smallest absolute Gasteiger partial charge is 0.235 e. The van der Waals surface area contributed by atoms with E-state index in [0.717, 1.165) is 16.1 Å². The summed E-state index contributed by atoms with van der Waals surface area (Å²) in [5.74, 6) is -0.101. The van der Waals surface area contributed by atoms with Gasteiger partial charge in [-0.1, -0.05) is 15.9 Å². The quantitative estimate of drug-likeness (QED) is 0.819. The molecule has 13 heavy (non-hydrogen) atoms. The molecule has 0 saturated heterocycles. The molecule has 0 aliphatic carbocycles. The van der Waals surface area contributed by atoms with Crippen LogP contribution in [0.4, 0.5) is 5.69 Å². The van der Waals surface area contributed by atoms with E-state index in [-0.39, 0.29) is 17.8 Å². The van der Waals surface area contributed by atoms with Crippen LogP contribution >= 0.6 is 27.3 Å². The lowest BCUT2D eigenvalue weighted by Gasteiger charge is -2.04. The van der Waals surface area contributed by atoms with Crippen molar-refractivity contribution >= 4 is 38.9 Å². The summed E-state index contributed by atoms with van der Waals surface area (Å²) < 4.78 is 0. The fourth-order valence-electron chi connectivity index (χ4n) is 0.955. The third-order valence-electron chi connectivity index (χ3n) is 1.58. The Morgan fingerprint density at radius 3 is 3.00 bits per heavy atom. The van der Waals surface area contributed by atoms with Crippen molar-refractivity contribution in [3.8, 4) is 0 Å². The predicted octanol–water partition coefficient (Wildman–Crippen LogP) is 1.88. The molecular formula is C8H10BrNO2S. The molecule has 0 aliphatic heterocycles. The van der Waals surface area contributed by atoms with Crippen LogP contribution in [0, 0.1) is 6.92 Å². The molecule has 3 nitrogen and oxygen atoms in total. The van der Waals surface area contributed by atoms with Crippen molar-refractivity contribution in [2.24, 2.45) is 0 Å². The maximum Gasteiger partial charge on any atom is 0.235 e. The number of hydrogen-bond donors (Lipinski definition) is 2. The summed E-state index contributed by atoms with van der Waals surface area (Å²) in [6.45, 7) is 1.87. The van der Waals surface area contributed by atoms with Crippen molar-refractivity contribution in [3.63, 3.8) is 0 Å². The highest BCUT2D eigenvalue weighted by Gasteiger charge is 2.09. The van der Waals surface area contributed by atoms with Crippen molar-refractivity contribution < 1.29 is 9.90 Å². The Balaban J connectivity index is 2.85. The summed E-state index contributed by atoms with van der Waals surface area (Å²) in [7, 11) is 0. The Labute approximate surface area is 88.9 Å². The second-order valence-electron chi connectivity index (χ2n) is 2.56. The lowest BCUT2D eigenvalue weighted by molar-refractivity contribution is -0.113. The van der Waals surface area contributed by atoms with Crippen LogP contribution in [-0.2, 0) is 11.4 Å². The average molecular weight is 264 g/mol. The fourth-order valence-corrected chi connectivity index (χ4v) is 1.94. The van der Waals surface area contributed by atoms with Crippen LogP contribution < -0.4 is 5.32 Å². The van der Waals surface area contributed by atoms with Crippen LogP contribution in [0.15, 0.2) is 5.38 Å². The normalized spacial score (nSPS) is 10.1. The first kappa shape index (κ1) is 10.7. The number of carbonyl (C=O) groups excluding carboxylic acids is 1. The number of alkyl halides is 1. The van der Waals surface area contributed by atoms with Gasteiger partial charge in [-0.2, -0.15) is 0 Å². The fraction of sp³-hybridized carbons (Fsp3) is 0.375. The lowest BCUT2D eigenvalue weighted by atomic mass is 10.3. The van der Waals surface area contributed by atoms with E-state index in [0.29, 0.717) is 0 Å². The van der Waals surface area contributed by atoms with Crippen molar-refractivity contribution in [1.82, 2.24) is 0 Å². The van der Waals surface area contributed by atoms with E-state index >= 15 is 0 Å². The van der Waals surface area contributed by atoms with Gasteiger partial charge in [0.15, 0.2) is 0 Å². The number of aliphatic hydroxyl groups excluding tert-OH is 1. The molecule has 0 spiro atoms. The maximum absolute atomic E-state index is 11.1. The van der Waals surface area contributed by atoms with E-state index in [1.807, 2.05) is 12.3 Å². The molecule has 1 rings (SSSR count). The molecule has 1 amide bonds. The van der Waals surface area contributed by atoms with E-state index in [2.05, 4.69) is 21.2 Å². The number of aliphatic hydroxyl groups is 1. The highest BCUT2D eigenvalue weighted by atomic mass is 79.9. The molecular weight excluding hydrogens is 254 g/mol. The van der Waals surface area contributed by atoms with Crippen LogP contribution in [0.25, 0.3) is 0 Å². The van der Waals surface area contributed by atoms with Gasteiger partial charge in [0.25, 0.3) is 0 Å². The van der Waals surface area contributed by atoms with Gasteiger partial charge in [0, 0.05) is 0 Å². The first-order valence-corrected chi connectivity index (χ1v) is 5.72. The Hall–Kier alpha value is -0.390. The highest BCUT2D eigenvalue weighted by molar-refractivity contribution is 9.09. The van der Waals surface area contributed by atoms with Gasteiger partial charge in [-0.25, -0.2) is 0 Å². The number of amides is 1. The van der Waals surface area contributed by atoms with E-state index < -0.39 is 0 Å². The minimum Gasteiger partial charge on any atom is -0.391 e. The minimum atomic E-state index is -0.101.